The summed E-state index contributed by atoms with van der Waals surface area (Å²) in [7, 11) is 0. The van der Waals surface area contributed by atoms with Crippen molar-refractivity contribution in [1.29, 1.82) is 0 Å². The number of alkyl halides is 3. The molecule has 4 nitrogen and oxygen atoms in total. The largest absolute Gasteiger partial charge is 0.481 e. The lowest BCUT2D eigenvalue weighted by atomic mass is 9.80. The van der Waals surface area contributed by atoms with Crippen LogP contribution >= 0.6 is 0 Å². The maximum atomic E-state index is 12.6. The van der Waals surface area contributed by atoms with E-state index in [9.17, 15) is 22.8 Å². The van der Waals surface area contributed by atoms with Crippen molar-refractivity contribution in [2.75, 3.05) is 6.54 Å². The van der Waals surface area contributed by atoms with Crippen molar-refractivity contribution in [1.82, 2.24) is 5.32 Å². The van der Waals surface area contributed by atoms with Gasteiger partial charge in [0.15, 0.2) is 0 Å². The van der Waals surface area contributed by atoms with Crippen molar-refractivity contribution < 1.29 is 27.9 Å². The van der Waals surface area contributed by atoms with E-state index in [1.54, 1.807) is 0 Å². The SMILES string of the molecule is O=C(O)CCCNC(=O)[C@H]1CCC[C@@H](C(F)(F)F)C1. The van der Waals surface area contributed by atoms with Crippen molar-refractivity contribution in [2.45, 2.75) is 44.7 Å². The van der Waals surface area contributed by atoms with Crippen molar-refractivity contribution in [3.63, 3.8) is 0 Å². The van der Waals surface area contributed by atoms with Crippen LogP contribution in [-0.4, -0.2) is 29.7 Å². The smallest absolute Gasteiger partial charge is 0.391 e. The van der Waals surface area contributed by atoms with Crippen LogP contribution in [0.5, 0.6) is 0 Å². The number of hydrogen-bond donors (Lipinski definition) is 2. The summed E-state index contributed by atoms with van der Waals surface area (Å²) in [6.07, 6.45) is -3.20. The fraction of sp³-hybridized carbons (Fsp3) is 0.833. The first-order valence-electron chi connectivity index (χ1n) is 6.37. The fourth-order valence-electron chi connectivity index (χ4n) is 2.32. The highest BCUT2D eigenvalue weighted by atomic mass is 19.4. The van der Waals surface area contributed by atoms with E-state index in [4.69, 9.17) is 5.11 Å². The van der Waals surface area contributed by atoms with E-state index in [2.05, 4.69) is 5.32 Å². The number of aliphatic carboxylic acids is 1. The molecule has 7 heteroatoms. The van der Waals surface area contributed by atoms with Gasteiger partial charge in [-0.05, 0) is 25.7 Å². The molecule has 1 aliphatic rings. The Labute approximate surface area is 109 Å². The molecule has 1 rings (SSSR count). The van der Waals surface area contributed by atoms with Gasteiger partial charge in [-0.1, -0.05) is 6.42 Å². The van der Waals surface area contributed by atoms with E-state index in [0.29, 0.717) is 12.8 Å². The zero-order valence-electron chi connectivity index (χ0n) is 10.5. The van der Waals surface area contributed by atoms with Gasteiger partial charge in [-0.15, -0.1) is 0 Å². The molecule has 0 spiro atoms. The second-order valence-corrected chi connectivity index (χ2v) is 4.89. The molecule has 1 saturated carbocycles. The maximum Gasteiger partial charge on any atom is 0.391 e. The Morgan fingerprint density at radius 2 is 1.95 bits per heavy atom. The summed E-state index contributed by atoms with van der Waals surface area (Å²) in [5.41, 5.74) is 0. The van der Waals surface area contributed by atoms with E-state index < -0.39 is 24.0 Å². The highest BCUT2D eigenvalue weighted by Crippen LogP contribution is 2.39. The first-order valence-corrected chi connectivity index (χ1v) is 6.37. The topological polar surface area (TPSA) is 66.4 Å². The molecule has 2 N–H and O–H groups in total. The Hall–Kier alpha value is -1.27. The van der Waals surface area contributed by atoms with Crippen LogP contribution in [0.4, 0.5) is 13.2 Å². The van der Waals surface area contributed by atoms with Crippen LogP contribution < -0.4 is 5.32 Å². The number of nitrogens with one attached hydrogen (secondary N) is 1. The van der Waals surface area contributed by atoms with E-state index in [-0.39, 0.29) is 38.1 Å². The van der Waals surface area contributed by atoms with Gasteiger partial charge in [0.1, 0.15) is 0 Å². The van der Waals surface area contributed by atoms with Crippen LogP contribution in [-0.2, 0) is 9.59 Å². The standard InChI is InChI=1S/C12H18F3NO3/c13-12(14,15)9-4-1-3-8(7-9)11(19)16-6-2-5-10(17)18/h8-9H,1-7H2,(H,16,19)(H,17,18)/t8-,9+/m0/s1. The lowest BCUT2D eigenvalue weighted by Gasteiger charge is -2.29. The number of carbonyl (C=O) groups is 2. The van der Waals surface area contributed by atoms with Crippen LogP contribution in [0.2, 0.25) is 0 Å². The van der Waals surface area contributed by atoms with Gasteiger partial charge in [0.25, 0.3) is 0 Å². The summed E-state index contributed by atoms with van der Waals surface area (Å²) in [5, 5.41) is 10.9. The molecule has 19 heavy (non-hydrogen) atoms. The van der Waals surface area contributed by atoms with Crippen molar-refractivity contribution in [3.05, 3.63) is 0 Å². The lowest BCUT2D eigenvalue weighted by molar-refractivity contribution is -0.186. The Kier molecular flexibility index (Phi) is 5.62. The number of carboxylic acid groups (broad SMARTS) is 1. The Balaban J connectivity index is 2.34. The third-order valence-corrected chi connectivity index (χ3v) is 3.37. The van der Waals surface area contributed by atoms with Gasteiger partial charge >= 0.3 is 12.1 Å². The number of carboxylic acids is 1. The minimum Gasteiger partial charge on any atom is -0.481 e. The minimum atomic E-state index is -4.23. The summed E-state index contributed by atoms with van der Waals surface area (Å²) in [6, 6.07) is 0. The zero-order chi connectivity index (χ0) is 14.5. The molecule has 0 heterocycles. The van der Waals surface area contributed by atoms with Crippen molar-refractivity contribution in [2.24, 2.45) is 11.8 Å². The molecule has 110 valence electrons. The molecular formula is C12H18F3NO3. The van der Waals surface area contributed by atoms with Crippen LogP contribution in [0.3, 0.4) is 0 Å². The van der Waals surface area contributed by atoms with Crippen LogP contribution in [0.15, 0.2) is 0 Å². The number of carbonyl (C=O) groups excluding carboxylic acids is 1. The Morgan fingerprint density at radius 1 is 1.26 bits per heavy atom. The van der Waals surface area contributed by atoms with Gasteiger partial charge in [-0.2, -0.15) is 13.2 Å². The summed E-state index contributed by atoms with van der Waals surface area (Å²) in [6.45, 7) is 0.193. The second kappa shape index (κ2) is 6.77. The lowest BCUT2D eigenvalue weighted by Crippen LogP contribution is -2.37. The average Bonchev–Trinajstić information content (AvgIpc) is 2.33. The third kappa shape index (κ3) is 5.48. The molecule has 0 radical (unpaired) electrons. The van der Waals surface area contributed by atoms with E-state index in [1.165, 1.54) is 0 Å². The number of rotatable bonds is 5. The maximum absolute atomic E-state index is 12.6. The third-order valence-electron chi connectivity index (χ3n) is 3.37. The van der Waals surface area contributed by atoms with Gasteiger partial charge in [0, 0.05) is 18.9 Å². The van der Waals surface area contributed by atoms with Gasteiger partial charge in [-0.3, -0.25) is 9.59 Å². The van der Waals surface area contributed by atoms with Gasteiger partial charge in [-0.25, -0.2) is 0 Å². The van der Waals surface area contributed by atoms with Crippen molar-refractivity contribution >= 4 is 11.9 Å². The highest BCUT2D eigenvalue weighted by Gasteiger charge is 2.43. The summed E-state index contributed by atoms with van der Waals surface area (Å²) in [5.74, 6) is -3.34. The molecule has 0 aliphatic heterocycles. The molecule has 0 aromatic carbocycles. The van der Waals surface area contributed by atoms with Gasteiger partial charge in [0.2, 0.25) is 5.91 Å². The van der Waals surface area contributed by atoms with Crippen molar-refractivity contribution in [3.8, 4) is 0 Å². The highest BCUT2D eigenvalue weighted by molar-refractivity contribution is 5.78. The van der Waals surface area contributed by atoms with E-state index in [1.807, 2.05) is 0 Å². The fourth-order valence-corrected chi connectivity index (χ4v) is 2.32. The molecule has 0 aromatic heterocycles. The van der Waals surface area contributed by atoms with E-state index >= 15 is 0 Å². The van der Waals surface area contributed by atoms with Gasteiger partial charge < -0.3 is 10.4 Å². The number of amides is 1. The first kappa shape index (κ1) is 15.8. The monoisotopic (exact) mass is 281 g/mol. The molecule has 1 amide bonds. The van der Waals surface area contributed by atoms with Gasteiger partial charge in [0.05, 0.1) is 5.92 Å². The van der Waals surface area contributed by atoms with Crippen LogP contribution in [0, 0.1) is 11.8 Å². The molecule has 2 atom stereocenters. The second-order valence-electron chi connectivity index (χ2n) is 4.89. The molecule has 1 aliphatic carbocycles. The Morgan fingerprint density at radius 3 is 2.53 bits per heavy atom. The summed E-state index contributed by atoms with van der Waals surface area (Å²) in [4.78, 5) is 22.0. The van der Waals surface area contributed by atoms with Crippen LogP contribution in [0.1, 0.15) is 38.5 Å². The molecule has 0 bridgehead atoms. The van der Waals surface area contributed by atoms with E-state index in [0.717, 1.165) is 0 Å². The summed E-state index contributed by atoms with van der Waals surface area (Å²) >= 11 is 0. The first-order chi connectivity index (χ1) is 8.80. The number of halogens is 3. The molecule has 0 unspecified atom stereocenters. The number of hydrogen-bond acceptors (Lipinski definition) is 2. The normalized spacial score (nSPS) is 23.9. The average molecular weight is 281 g/mol. The Bertz CT molecular complexity index is 331. The molecule has 0 saturated heterocycles. The zero-order valence-corrected chi connectivity index (χ0v) is 10.5. The molecule has 1 fully saturated rings. The predicted octanol–water partition coefficient (Wildman–Crippen LogP) is 2.34. The molecular weight excluding hydrogens is 263 g/mol. The summed E-state index contributed by atoms with van der Waals surface area (Å²) < 4.78 is 37.7. The van der Waals surface area contributed by atoms with Crippen LogP contribution in [0.25, 0.3) is 0 Å². The minimum absolute atomic E-state index is 0.0594. The molecule has 0 aromatic rings. The predicted molar refractivity (Wildman–Crippen MR) is 61.4 cm³/mol. The quantitative estimate of drug-likeness (QED) is 0.760.